The number of alkyl halides is 3. The van der Waals surface area contributed by atoms with Gasteiger partial charge in [-0.2, -0.15) is 5.10 Å². The van der Waals surface area contributed by atoms with Gasteiger partial charge in [-0.25, -0.2) is 14.7 Å². The fraction of sp³-hybridized carbons (Fsp3) is 0.267. The van der Waals surface area contributed by atoms with Crippen molar-refractivity contribution in [3.05, 3.63) is 90.0 Å². The van der Waals surface area contributed by atoms with Crippen LogP contribution in [0.25, 0.3) is 5.69 Å². The third kappa shape index (κ3) is 7.88. The summed E-state index contributed by atoms with van der Waals surface area (Å²) in [6, 6.07) is 18.4. The van der Waals surface area contributed by atoms with Crippen molar-refractivity contribution in [1.29, 1.82) is 0 Å². The van der Waals surface area contributed by atoms with Crippen LogP contribution in [-0.4, -0.2) is 56.0 Å². The summed E-state index contributed by atoms with van der Waals surface area (Å²) < 4.78 is 48.2. The number of carbonyl (C=O) groups excluding carboxylic acids is 1. The molecule has 2 heterocycles. The Balaban J connectivity index is 1.17. The first-order valence-electron chi connectivity index (χ1n) is 13.7. The highest BCUT2D eigenvalue weighted by molar-refractivity contribution is 8.15. The number of ether oxygens (including phenoxy) is 2. The van der Waals surface area contributed by atoms with Crippen LogP contribution in [-0.2, 0) is 17.6 Å². The lowest BCUT2D eigenvalue weighted by Gasteiger charge is -2.21. The highest BCUT2D eigenvalue weighted by atomic mass is 32.2. The average Bonchev–Trinajstić information content (AvgIpc) is 3.60. The third-order valence-corrected chi connectivity index (χ3v) is 7.35. The van der Waals surface area contributed by atoms with Crippen LogP contribution in [0.2, 0.25) is 0 Å². The molecule has 0 spiro atoms. The van der Waals surface area contributed by atoms with Crippen molar-refractivity contribution in [2.45, 2.75) is 39.4 Å². The topological polar surface area (TPSA) is 114 Å². The molecule has 5 rings (SSSR count). The Bertz CT molecular complexity index is 1630. The minimum absolute atomic E-state index is 0.149. The smallest absolute Gasteiger partial charge is 0.492 e. The number of hydrogen-bond acceptors (Lipinski definition) is 9. The maximum atomic E-state index is 12.7. The molecule has 2 N–H and O–H groups in total. The molecule has 10 nitrogen and oxygen atoms in total. The van der Waals surface area contributed by atoms with Gasteiger partial charge in [-0.15, -0.1) is 13.2 Å². The Morgan fingerprint density at radius 1 is 1.09 bits per heavy atom. The lowest BCUT2D eigenvalue weighted by Crippen LogP contribution is -2.31. The number of hydrogen-bond donors (Lipinski definition) is 2. The number of carbonyl (C=O) groups is 1. The second-order valence-electron chi connectivity index (χ2n) is 9.70. The summed E-state index contributed by atoms with van der Waals surface area (Å²) >= 11 is 1.25. The SMILES string of the molecule is CCOc1ccc(C)cc1N1C(=O)CS/C1=N\C(O)Nc1ccc(CCc2ncn(-c3ccc(OC(F)(F)F)cc3)n2)cc1. The van der Waals surface area contributed by atoms with Gasteiger partial charge >= 0.3 is 6.36 Å². The molecule has 0 bridgehead atoms. The maximum Gasteiger partial charge on any atom is 0.573 e. The van der Waals surface area contributed by atoms with Gasteiger partial charge in [0, 0.05) is 12.1 Å². The second kappa shape index (κ2) is 13.4. The minimum Gasteiger partial charge on any atom is -0.492 e. The highest BCUT2D eigenvalue weighted by Crippen LogP contribution is 2.35. The number of nitrogens with one attached hydrogen (secondary N) is 1. The predicted molar refractivity (Wildman–Crippen MR) is 161 cm³/mol. The summed E-state index contributed by atoms with van der Waals surface area (Å²) in [7, 11) is 0. The molecule has 1 atom stereocenters. The zero-order valence-corrected chi connectivity index (χ0v) is 24.6. The first-order valence-corrected chi connectivity index (χ1v) is 14.6. The zero-order valence-electron chi connectivity index (χ0n) is 23.8. The molecule has 4 aromatic rings. The van der Waals surface area contributed by atoms with Gasteiger partial charge in [-0.3, -0.25) is 9.69 Å². The van der Waals surface area contributed by atoms with Crippen molar-refractivity contribution in [3.8, 4) is 17.2 Å². The van der Waals surface area contributed by atoms with E-state index in [2.05, 4.69) is 25.1 Å². The van der Waals surface area contributed by atoms with Crippen LogP contribution in [0.4, 0.5) is 24.5 Å². The molecule has 44 heavy (non-hydrogen) atoms. The van der Waals surface area contributed by atoms with Crippen LogP contribution in [0.1, 0.15) is 23.9 Å². The zero-order chi connectivity index (χ0) is 31.3. The molecule has 1 aliphatic rings. The summed E-state index contributed by atoms with van der Waals surface area (Å²) in [5.74, 6) is 0.881. The number of nitrogens with zero attached hydrogens (tertiary/aromatic N) is 5. The van der Waals surface area contributed by atoms with Gasteiger partial charge in [-0.1, -0.05) is 30.0 Å². The fourth-order valence-electron chi connectivity index (χ4n) is 4.42. The molecule has 0 radical (unpaired) electrons. The highest BCUT2D eigenvalue weighted by Gasteiger charge is 2.33. The molecule has 1 amide bonds. The Morgan fingerprint density at radius 3 is 2.55 bits per heavy atom. The van der Waals surface area contributed by atoms with Crippen LogP contribution < -0.4 is 19.7 Å². The van der Waals surface area contributed by atoms with Gasteiger partial charge in [0.2, 0.25) is 12.3 Å². The van der Waals surface area contributed by atoms with Crippen LogP contribution in [0, 0.1) is 6.92 Å². The van der Waals surface area contributed by atoms with E-state index in [0.29, 0.717) is 53.3 Å². The molecule has 0 aliphatic carbocycles. The molecular formula is C30H29F3N6O4S. The number of halogens is 3. The van der Waals surface area contributed by atoms with Gasteiger partial charge in [0.1, 0.15) is 17.8 Å². The van der Waals surface area contributed by atoms with Gasteiger partial charge < -0.3 is 19.9 Å². The molecule has 14 heteroatoms. The van der Waals surface area contributed by atoms with Crippen molar-refractivity contribution in [3.63, 3.8) is 0 Å². The Morgan fingerprint density at radius 2 is 1.84 bits per heavy atom. The number of aryl methyl sites for hydroxylation is 3. The third-order valence-electron chi connectivity index (χ3n) is 6.41. The van der Waals surface area contributed by atoms with Crippen LogP contribution in [0.3, 0.4) is 0 Å². The summed E-state index contributed by atoms with van der Waals surface area (Å²) in [6.07, 6.45) is -3.37. The van der Waals surface area contributed by atoms with E-state index in [9.17, 15) is 23.1 Å². The van der Waals surface area contributed by atoms with Crippen LogP contribution in [0.5, 0.6) is 11.5 Å². The molecule has 1 saturated heterocycles. The van der Waals surface area contributed by atoms with Gasteiger partial charge in [-0.05, 0) is 79.9 Å². The number of benzene rings is 3. The molecule has 1 aliphatic heterocycles. The van der Waals surface area contributed by atoms with Gasteiger partial charge in [0.15, 0.2) is 11.0 Å². The maximum absolute atomic E-state index is 12.7. The van der Waals surface area contributed by atoms with E-state index < -0.39 is 12.7 Å². The first-order chi connectivity index (χ1) is 21.1. The van der Waals surface area contributed by atoms with E-state index in [1.54, 1.807) is 0 Å². The van der Waals surface area contributed by atoms with E-state index >= 15 is 0 Å². The summed E-state index contributed by atoms with van der Waals surface area (Å²) in [5, 5.41) is 18.4. The molecule has 3 aromatic carbocycles. The number of aliphatic imine (C=N–C) groups is 1. The molecule has 0 saturated carbocycles. The lowest BCUT2D eigenvalue weighted by molar-refractivity contribution is -0.274. The number of anilines is 2. The Labute approximate surface area is 255 Å². The molecule has 1 fully saturated rings. The number of rotatable bonds is 11. The monoisotopic (exact) mass is 626 g/mol. The number of amides is 1. The van der Waals surface area contributed by atoms with E-state index in [1.165, 1.54) is 51.9 Å². The average molecular weight is 627 g/mol. The predicted octanol–water partition coefficient (Wildman–Crippen LogP) is 5.48. The summed E-state index contributed by atoms with van der Waals surface area (Å²) in [6.45, 7) is 4.24. The normalized spacial score (nSPS) is 15.1. The second-order valence-corrected chi connectivity index (χ2v) is 10.6. The summed E-state index contributed by atoms with van der Waals surface area (Å²) in [5.41, 5.74) is 3.74. The van der Waals surface area contributed by atoms with E-state index in [1.807, 2.05) is 56.3 Å². The quantitative estimate of drug-likeness (QED) is 0.211. The number of aliphatic hydroxyl groups excluding tert-OH is 1. The van der Waals surface area contributed by atoms with E-state index in [-0.39, 0.29) is 17.4 Å². The fourth-order valence-corrected chi connectivity index (χ4v) is 5.31. The van der Waals surface area contributed by atoms with Crippen molar-refractivity contribution < 1.29 is 32.5 Å². The summed E-state index contributed by atoms with van der Waals surface area (Å²) in [4.78, 5) is 22.9. The van der Waals surface area contributed by atoms with Gasteiger partial charge in [0.25, 0.3) is 0 Å². The van der Waals surface area contributed by atoms with Crippen LogP contribution in [0.15, 0.2) is 78.0 Å². The Kier molecular flexibility index (Phi) is 9.40. The Hall–Kier alpha value is -4.56. The number of thioether (sulfide) groups is 1. The van der Waals surface area contributed by atoms with E-state index in [4.69, 9.17) is 4.74 Å². The minimum atomic E-state index is -4.75. The lowest BCUT2D eigenvalue weighted by atomic mass is 10.1. The van der Waals surface area contributed by atoms with Gasteiger partial charge in [0.05, 0.1) is 23.7 Å². The van der Waals surface area contributed by atoms with Crippen molar-refractivity contribution in [1.82, 2.24) is 14.8 Å². The van der Waals surface area contributed by atoms with Crippen molar-refractivity contribution >= 4 is 34.2 Å². The molecule has 1 unspecified atom stereocenters. The first kappa shape index (κ1) is 30.9. The number of amidine groups is 1. The van der Waals surface area contributed by atoms with Crippen LogP contribution >= 0.6 is 11.8 Å². The van der Waals surface area contributed by atoms with Crippen molar-refractivity contribution in [2.75, 3.05) is 22.6 Å². The number of aromatic nitrogens is 3. The molecule has 1 aromatic heterocycles. The largest absolute Gasteiger partial charge is 0.573 e. The molecular weight excluding hydrogens is 597 g/mol. The van der Waals surface area contributed by atoms with E-state index in [0.717, 1.165) is 11.1 Å². The molecule has 230 valence electrons. The standard InChI is InChI=1S/C30H29F3N6O4S/c1-3-42-25-14-4-19(2)16-24(25)39-27(40)17-44-29(39)36-28(41)35-21-8-5-20(6-9-21)7-15-26-34-18-38(37-26)22-10-12-23(13-11-22)43-30(31,32)33/h4-6,8-14,16,18,28,35,41H,3,7,15,17H2,1-2H3/b36-29-. The van der Waals surface area contributed by atoms with Crippen molar-refractivity contribution in [2.24, 2.45) is 4.99 Å². The number of aliphatic hydroxyl groups is 1.